The lowest BCUT2D eigenvalue weighted by Crippen LogP contribution is -2.28. The fourth-order valence-corrected chi connectivity index (χ4v) is 3.74. The molecule has 1 aromatic heterocycles. The van der Waals surface area contributed by atoms with Gasteiger partial charge in [0.1, 0.15) is 5.00 Å². The summed E-state index contributed by atoms with van der Waals surface area (Å²) in [5.74, 6) is -4.83. The first kappa shape index (κ1) is 28.3. The third kappa shape index (κ3) is 8.64. The van der Waals surface area contributed by atoms with Crippen molar-refractivity contribution in [1.29, 1.82) is 0 Å². The Balaban J connectivity index is 0.000000852. The molecule has 0 saturated carbocycles. The number of esters is 1. The van der Waals surface area contributed by atoms with E-state index in [2.05, 4.69) is 16.0 Å². The second-order valence-electron chi connectivity index (χ2n) is 6.81. The number of carbonyl (C=O) groups is 5. The molecule has 0 unspecified atom stereocenters. The number of thiophene rings is 1. The van der Waals surface area contributed by atoms with Gasteiger partial charge in [0.25, 0.3) is 5.91 Å². The predicted molar refractivity (Wildman–Crippen MR) is 125 cm³/mol. The summed E-state index contributed by atoms with van der Waals surface area (Å²) in [6, 6.07) is 8.02. The van der Waals surface area contributed by atoms with Crippen molar-refractivity contribution in [1.82, 2.24) is 10.6 Å². The number of rotatable bonds is 8. The van der Waals surface area contributed by atoms with Gasteiger partial charge in [-0.3, -0.25) is 9.59 Å². The average Bonchev–Trinajstić information content (AvgIpc) is 3.10. The van der Waals surface area contributed by atoms with Crippen LogP contribution < -0.4 is 16.0 Å². The molecular weight excluding hydrogens is 466 g/mol. The highest BCUT2D eigenvalue weighted by Crippen LogP contribution is 2.33. The second kappa shape index (κ2) is 13.7. The number of carboxylic acid groups (broad SMARTS) is 2. The summed E-state index contributed by atoms with van der Waals surface area (Å²) in [6.45, 7) is 6.20. The van der Waals surface area contributed by atoms with Gasteiger partial charge in [-0.05, 0) is 31.9 Å². The van der Waals surface area contributed by atoms with Crippen LogP contribution in [0.3, 0.4) is 0 Å². The number of ether oxygens (including phenoxy) is 1. The number of nitrogens with one attached hydrogen (secondary N) is 3. The highest BCUT2D eigenvalue weighted by atomic mass is 32.1. The van der Waals surface area contributed by atoms with E-state index in [1.165, 1.54) is 12.6 Å². The van der Waals surface area contributed by atoms with E-state index in [9.17, 15) is 14.4 Å². The van der Waals surface area contributed by atoms with E-state index in [0.29, 0.717) is 22.0 Å². The van der Waals surface area contributed by atoms with E-state index in [4.69, 9.17) is 24.5 Å². The highest BCUT2D eigenvalue weighted by molar-refractivity contribution is 7.18. The second-order valence-corrected chi connectivity index (χ2v) is 7.83. The molecule has 12 heteroatoms. The Bertz CT molecular complexity index is 1040. The first-order chi connectivity index (χ1) is 16.0. The van der Waals surface area contributed by atoms with Gasteiger partial charge < -0.3 is 30.9 Å². The minimum Gasteiger partial charge on any atom is -0.473 e. The summed E-state index contributed by atoms with van der Waals surface area (Å²) in [5.41, 5.74) is 2.95. The van der Waals surface area contributed by atoms with Crippen LogP contribution in [0.1, 0.15) is 43.6 Å². The van der Waals surface area contributed by atoms with Crippen molar-refractivity contribution in [3.63, 3.8) is 0 Å². The Kier molecular flexibility index (Phi) is 11.4. The van der Waals surface area contributed by atoms with Crippen LogP contribution in [-0.2, 0) is 25.7 Å². The maximum absolute atomic E-state index is 12.3. The normalized spacial score (nSPS) is 9.88. The summed E-state index contributed by atoms with van der Waals surface area (Å²) in [6.07, 6.45) is 0. The molecule has 0 spiro atoms. The highest BCUT2D eigenvalue weighted by Gasteiger charge is 2.26. The summed E-state index contributed by atoms with van der Waals surface area (Å²) in [7, 11) is 1.51. The summed E-state index contributed by atoms with van der Waals surface area (Å²) < 4.78 is 5.08. The number of hydrogen-bond donors (Lipinski definition) is 5. The van der Waals surface area contributed by atoms with Crippen molar-refractivity contribution >= 4 is 46.1 Å². The van der Waals surface area contributed by atoms with Crippen LogP contribution in [-0.4, -0.2) is 60.1 Å². The van der Waals surface area contributed by atoms with E-state index in [0.717, 1.165) is 16.9 Å². The van der Waals surface area contributed by atoms with Crippen molar-refractivity contribution in [2.45, 2.75) is 27.3 Å². The van der Waals surface area contributed by atoms with Crippen LogP contribution in [0.5, 0.6) is 0 Å². The van der Waals surface area contributed by atoms with Gasteiger partial charge in [-0.2, -0.15) is 0 Å². The van der Waals surface area contributed by atoms with Crippen molar-refractivity contribution in [3.8, 4) is 0 Å². The SMILES string of the molecule is CCOC(=O)c1c(NC(=O)CNCc2ccc(C)cc2)sc(C(=O)NC)c1C.O=C(O)C(=O)O. The lowest BCUT2D eigenvalue weighted by molar-refractivity contribution is -0.159. The average molecular weight is 494 g/mol. The molecule has 1 aromatic carbocycles. The molecule has 184 valence electrons. The molecule has 5 N–H and O–H groups in total. The zero-order valence-electron chi connectivity index (χ0n) is 19.2. The minimum atomic E-state index is -1.82. The van der Waals surface area contributed by atoms with Crippen LogP contribution in [0.25, 0.3) is 0 Å². The predicted octanol–water partition coefficient (Wildman–Crippen LogP) is 1.79. The molecule has 1 heterocycles. The molecule has 0 aliphatic rings. The number of amides is 2. The summed E-state index contributed by atoms with van der Waals surface area (Å²) in [5, 5.41) is 23.4. The largest absolute Gasteiger partial charge is 0.473 e. The number of carboxylic acids is 2. The molecule has 0 bridgehead atoms. The van der Waals surface area contributed by atoms with E-state index in [1.54, 1.807) is 13.8 Å². The number of aliphatic carboxylic acids is 2. The van der Waals surface area contributed by atoms with E-state index >= 15 is 0 Å². The van der Waals surface area contributed by atoms with Crippen molar-refractivity contribution in [2.24, 2.45) is 0 Å². The Hall–Kier alpha value is -3.77. The number of aryl methyl sites for hydroxylation is 1. The van der Waals surface area contributed by atoms with Gasteiger partial charge >= 0.3 is 17.9 Å². The summed E-state index contributed by atoms with van der Waals surface area (Å²) >= 11 is 1.06. The van der Waals surface area contributed by atoms with Gasteiger partial charge in [0, 0.05) is 13.6 Å². The Morgan fingerprint density at radius 2 is 1.59 bits per heavy atom. The smallest absolute Gasteiger partial charge is 0.414 e. The van der Waals surface area contributed by atoms with Gasteiger partial charge in [-0.15, -0.1) is 11.3 Å². The number of benzene rings is 1. The third-order valence-electron chi connectivity index (χ3n) is 4.23. The Morgan fingerprint density at radius 1 is 1.00 bits per heavy atom. The first-order valence-electron chi connectivity index (χ1n) is 10.1. The third-order valence-corrected chi connectivity index (χ3v) is 5.44. The molecule has 34 heavy (non-hydrogen) atoms. The molecule has 2 rings (SSSR count). The monoisotopic (exact) mass is 493 g/mol. The maximum Gasteiger partial charge on any atom is 0.414 e. The molecular formula is C22H27N3O8S. The lowest BCUT2D eigenvalue weighted by atomic mass is 10.1. The van der Waals surface area contributed by atoms with Crippen LogP contribution in [0, 0.1) is 13.8 Å². The maximum atomic E-state index is 12.3. The quantitative estimate of drug-likeness (QED) is 0.271. The number of hydrogen-bond acceptors (Lipinski definition) is 8. The molecule has 2 amide bonds. The molecule has 0 aliphatic heterocycles. The van der Waals surface area contributed by atoms with Gasteiger partial charge in [0.05, 0.1) is 23.6 Å². The molecule has 0 radical (unpaired) electrons. The number of anilines is 1. The zero-order chi connectivity index (χ0) is 25.8. The van der Waals surface area contributed by atoms with Crippen molar-refractivity contribution in [3.05, 3.63) is 51.4 Å². The zero-order valence-corrected chi connectivity index (χ0v) is 20.0. The fraction of sp³-hybridized carbons (Fsp3) is 0.318. The molecule has 0 saturated heterocycles. The summed E-state index contributed by atoms with van der Waals surface area (Å²) in [4.78, 5) is 55.2. The standard InChI is InChI=1S/C20H25N3O4S.C2H2O4/c1-5-27-20(26)16-13(3)17(18(25)21-4)28-19(16)23-15(24)11-22-10-14-8-6-12(2)7-9-14;3-1(4)2(5)6/h6-9,22H,5,10-11H2,1-4H3,(H,21,25)(H,23,24);(H,3,4)(H,5,6). The molecule has 11 nitrogen and oxygen atoms in total. The molecule has 2 aromatic rings. The Morgan fingerprint density at radius 3 is 2.09 bits per heavy atom. The molecule has 0 aliphatic carbocycles. The van der Waals surface area contributed by atoms with E-state index in [-0.39, 0.29) is 30.5 Å². The fourth-order valence-electron chi connectivity index (χ4n) is 2.58. The van der Waals surface area contributed by atoms with Crippen LogP contribution in [0.15, 0.2) is 24.3 Å². The van der Waals surface area contributed by atoms with Crippen LogP contribution >= 0.6 is 11.3 Å². The molecule has 0 atom stereocenters. The van der Waals surface area contributed by atoms with Crippen molar-refractivity contribution in [2.75, 3.05) is 25.5 Å². The van der Waals surface area contributed by atoms with Gasteiger partial charge in [-0.1, -0.05) is 29.8 Å². The van der Waals surface area contributed by atoms with E-state index in [1.807, 2.05) is 31.2 Å². The first-order valence-corrected chi connectivity index (χ1v) is 10.9. The van der Waals surface area contributed by atoms with Gasteiger partial charge in [0.2, 0.25) is 5.91 Å². The Labute approximate surface area is 200 Å². The topological polar surface area (TPSA) is 171 Å². The molecule has 0 fully saturated rings. The van der Waals surface area contributed by atoms with E-state index < -0.39 is 17.9 Å². The van der Waals surface area contributed by atoms with Gasteiger partial charge in [-0.25, -0.2) is 14.4 Å². The van der Waals surface area contributed by atoms with Crippen LogP contribution in [0.4, 0.5) is 5.00 Å². The minimum absolute atomic E-state index is 0.0718. The lowest BCUT2D eigenvalue weighted by Gasteiger charge is -2.08. The van der Waals surface area contributed by atoms with Gasteiger partial charge in [0.15, 0.2) is 0 Å². The number of carbonyl (C=O) groups excluding carboxylic acids is 3. The van der Waals surface area contributed by atoms with Crippen molar-refractivity contribution < 1.29 is 38.9 Å². The van der Waals surface area contributed by atoms with Crippen LogP contribution in [0.2, 0.25) is 0 Å².